The Kier molecular flexibility index (Phi) is 10.4. The average Bonchev–Trinajstić information content (AvgIpc) is 2.84. The van der Waals surface area contributed by atoms with E-state index in [0.29, 0.717) is 5.56 Å². The number of aliphatic carboxylic acids is 1. The number of carboxylic acids is 1. The topological polar surface area (TPSA) is 129 Å². The van der Waals surface area contributed by atoms with E-state index >= 15 is 0 Å². The number of benzene rings is 2. The van der Waals surface area contributed by atoms with Gasteiger partial charge in [-0.1, -0.05) is 54.6 Å². The number of carboxylic acid groups (broad SMARTS) is 1. The van der Waals surface area contributed by atoms with Crippen LogP contribution in [0.5, 0.6) is 0 Å². The molecule has 2 rings (SSSR count). The fraction of sp³-hybridized carbons (Fsp3) is 0.360. The Balaban J connectivity index is 2.37. The summed E-state index contributed by atoms with van der Waals surface area (Å²) in [4.78, 5) is 49.6. The number of esters is 2. The van der Waals surface area contributed by atoms with Crippen molar-refractivity contribution in [2.24, 2.45) is 0 Å². The molecule has 0 unspecified atom stereocenters. The van der Waals surface area contributed by atoms with Crippen LogP contribution in [0.25, 0.3) is 11.1 Å². The molecule has 2 aromatic carbocycles. The van der Waals surface area contributed by atoms with Gasteiger partial charge in [-0.05, 0) is 16.7 Å². The van der Waals surface area contributed by atoms with E-state index in [0.717, 1.165) is 25.0 Å². The third-order valence-electron chi connectivity index (χ3n) is 4.99. The maximum atomic E-state index is 13.4. The molecule has 0 fully saturated rings. The highest BCUT2D eigenvalue weighted by atomic mass is 16.7. The molecule has 188 valence electrons. The van der Waals surface area contributed by atoms with Gasteiger partial charge in [0.05, 0.1) is 6.54 Å². The molecule has 2 aromatic rings. The van der Waals surface area contributed by atoms with Gasteiger partial charge in [0, 0.05) is 34.6 Å². The number of methoxy groups -OCH3 is 2. The van der Waals surface area contributed by atoms with E-state index in [1.807, 2.05) is 54.6 Å². The summed E-state index contributed by atoms with van der Waals surface area (Å²) in [5.41, 5.74) is 2.70. The van der Waals surface area contributed by atoms with Gasteiger partial charge in [-0.25, -0.2) is 4.79 Å². The molecule has 0 bridgehead atoms. The molecule has 0 aliphatic rings. The molecule has 35 heavy (non-hydrogen) atoms. The van der Waals surface area contributed by atoms with Crippen molar-refractivity contribution in [3.63, 3.8) is 0 Å². The first-order chi connectivity index (χ1) is 16.7. The van der Waals surface area contributed by atoms with Crippen LogP contribution in [0.15, 0.2) is 54.6 Å². The lowest BCUT2D eigenvalue weighted by atomic mass is 10.0. The van der Waals surface area contributed by atoms with E-state index < -0.39 is 42.3 Å². The van der Waals surface area contributed by atoms with Gasteiger partial charge in [-0.15, -0.1) is 0 Å². The Hall–Kier alpha value is -3.76. The Bertz CT molecular complexity index is 1000. The van der Waals surface area contributed by atoms with Gasteiger partial charge in [0.25, 0.3) is 5.91 Å². The predicted molar refractivity (Wildman–Crippen MR) is 124 cm³/mol. The van der Waals surface area contributed by atoms with Crippen molar-refractivity contribution in [3.8, 4) is 11.1 Å². The summed E-state index contributed by atoms with van der Waals surface area (Å²) in [6, 6.07) is 17.1. The normalized spacial score (nSPS) is 12.5. The lowest BCUT2D eigenvalue weighted by Crippen LogP contribution is -2.52. The molecule has 0 radical (unpaired) electrons. The van der Waals surface area contributed by atoms with Crippen LogP contribution in [0.4, 0.5) is 0 Å². The molecule has 2 atom stereocenters. The first-order valence-corrected chi connectivity index (χ1v) is 10.7. The molecule has 0 spiro atoms. The first kappa shape index (κ1) is 27.5. The molecule has 10 heteroatoms. The van der Waals surface area contributed by atoms with Crippen LogP contribution in [0.1, 0.15) is 19.4 Å². The molecule has 10 nitrogen and oxygen atoms in total. The molecule has 0 saturated carbocycles. The second-order valence-corrected chi connectivity index (χ2v) is 7.58. The van der Waals surface area contributed by atoms with E-state index in [2.05, 4.69) is 0 Å². The molecule has 1 N–H and O–H groups in total. The summed E-state index contributed by atoms with van der Waals surface area (Å²) in [5, 5.41) is 9.55. The summed E-state index contributed by atoms with van der Waals surface area (Å²) in [6.45, 7) is 1.91. The summed E-state index contributed by atoms with van der Waals surface area (Å²) < 4.78 is 20.2. The Morgan fingerprint density at radius 1 is 0.800 bits per heavy atom. The van der Waals surface area contributed by atoms with Crippen molar-refractivity contribution in [3.05, 3.63) is 60.2 Å². The summed E-state index contributed by atoms with van der Waals surface area (Å²) in [5.74, 6) is -4.39. The fourth-order valence-corrected chi connectivity index (χ4v) is 3.33. The molecule has 0 aliphatic carbocycles. The molecular formula is C25H29NO9. The molecule has 0 aromatic heterocycles. The quantitative estimate of drug-likeness (QED) is 0.354. The highest BCUT2D eigenvalue weighted by Crippen LogP contribution is 2.21. The third-order valence-corrected chi connectivity index (χ3v) is 4.99. The smallest absolute Gasteiger partial charge is 0.349 e. The lowest BCUT2D eigenvalue weighted by molar-refractivity contribution is -0.186. The van der Waals surface area contributed by atoms with Crippen LogP contribution in [-0.2, 0) is 44.7 Å². The lowest BCUT2D eigenvalue weighted by Gasteiger charge is -2.31. The van der Waals surface area contributed by atoms with Crippen LogP contribution < -0.4 is 0 Å². The minimum absolute atomic E-state index is 0.0152. The van der Waals surface area contributed by atoms with Gasteiger partial charge in [0.1, 0.15) is 0 Å². The van der Waals surface area contributed by atoms with E-state index in [4.69, 9.17) is 18.9 Å². The monoisotopic (exact) mass is 487 g/mol. The van der Waals surface area contributed by atoms with Crippen LogP contribution in [0.2, 0.25) is 0 Å². The molecule has 0 aliphatic heterocycles. The number of nitrogens with zero attached hydrogens (tertiary/aromatic N) is 1. The number of hydrogen-bond acceptors (Lipinski definition) is 8. The van der Waals surface area contributed by atoms with Crippen LogP contribution in [-0.4, -0.2) is 73.1 Å². The van der Waals surface area contributed by atoms with Gasteiger partial charge >= 0.3 is 17.9 Å². The first-order valence-electron chi connectivity index (χ1n) is 10.7. The van der Waals surface area contributed by atoms with E-state index in [1.54, 1.807) is 0 Å². The number of amides is 1. The fourth-order valence-electron chi connectivity index (χ4n) is 3.33. The van der Waals surface area contributed by atoms with Crippen molar-refractivity contribution in [1.29, 1.82) is 0 Å². The minimum atomic E-state index is -2.03. The van der Waals surface area contributed by atoms with Crippen molar-refractivity contribution >= 4 is 23.8 Å². The van der Waals surface area contributed by atoms with E-state index in [1.165, 1.54) is 19.1 Å². The zero-order valence-corrected chi connectivity index (χ0v) is 20.0. The standard InChI is InChI=1S/C25H29NO9/c1-16(27)34-22(23(25(30)31)35-17(2)28)24(29)26(15-21(32-3)33-4)14-18-10-12-20(13-11-18)19-8-6-5-7-9-19/h5-13,21-23H,14-15H2,1-4H3,(H,30,31)/t22-,23-/m1/s1. The third kappa shape index (κ3) is 8.20. The van der Waals surface area contributed by atoms with Gasteiger partial charge in [-0.2, -0.15) is 0 Å². The Labute approximate surface area is 203 Å². The predicted octanol–water partition coefficient (Wildman–Crippen LogP) is 2.25. The second-order valence-electron chi connectivity index (χ2n) is 7.58. The second kappa shape index (κ2) is 13.2. The van der Waals surface area contributed by atoms with E-state index in [-0.39, 0.29) is 13.1 Å². The maximum absolute atomic E-state index is 13.4. The molecule has 0 heterocycles. The highest BCUT2D eigenvalue weighted by Gasteiger charge is 2.42. The van der Waals surface area contributed by atoms with Gasteiger partial charge < -0.3 is 29.0 Å². The Morgan fingerprint density at radius 2 is 1.31 bits per heavy atom. The molecular weight excluding hydrogens is 458 g/mol. The highest BCUT2D eigenvalue weighted by molar-refractivity contribution is 5.91. The SMILES string of the molecule is COC(CN(Cc1ccc(-c2ccccc2)cc1)C(=O)[C@H](OC(C)=O)[C@@H](OC(C)=O)C(=O)O)OC. The van der Waals surface area contributed by atoms with Crippen LogP contribution in [0.3, 0.4) is 0 Å². The van der Waals surface area contributed by atoms with Crippen molar-refractivity contribution in [2.75, 3.05) is 20.8 Å². The number of rotatable bonds is 12. The zero-order valence-electron chi connectivity index (χ0n) is 20.0. The maximum Gasteiger partial charge on any atom is 0.349 e. The minimum Gasteiger partial charge on any atom is -0.478 e. The van der Waals surface area contributed by atoms with Gasteiger partial charge in [-0.3, -0.25) is 14.4 Å². The average molecular weight is 488 g/mol. The number of carbonyl (C=O) groups excluding carboxylic acids is 3. The number of hydrogen-bond donors (Lipinski definition) is 1. The summed E-state index contributed by atoms with van der Waals surface area (Å²) >= 11 is 0. The summed E-state index contributed by atoms with van der Waals surface area (Å²) in [6.07, 6.45) is -4.79. The van der Waals surface area contributed by atoms with Crippen molar-refractivity contribution in [2.45, 2.75) is 38.9 Å². The zero-order chi connectivity index (χ0) is 26.0. The van der Waals surface area contributed by atoms with Crippen LogP contribution >= 0.6 is 0 Å². The molecule has 0 saturated heterocycles. The van der Waals surface area contributed by atoms with E-state index in [9.17, 15) is 24.3 Å². The van der Waals surface area contributed by atoms with Crippen LogP contribution in [0, 0.1) is 0 Å². The largest absolute Gasteiger partial charge is 0.478 e. The number of carbonyl (C=O) groups is 4. The van der Waals surface area contributed by atoms with Crippen molar-refractivity contribution in [1.82, 2.24) is 4.90 Å². The summed E-state index contributed by atoms with van der Waals surface area (Å²) in [7, 11) is 2.77. The number of ether oxygens (including phenoxy) is 4. The van der Waals surface area contributed by atoms with Gasteiger partial charge in [0.15, 0.2) is 6.29 Å². The van der Waals surface area contributed by atoms with Crippen molar-refractivity contribution < 1.29 is 43.2 Å². The molecule has 1 amide bonds. The Morgan fingerprint density at radius 3 is 1.80 bits per heavy atom. The van der Waals surface area contributed by atoms with Gasteiger partial charge in [0.2, 0.25) is 12.2 Å².